The highest BCUT2D eigenvalue weighted by molar-refractivity contribution is 7.91. The lowest BCUT2D eigenvalue weighted by molar-refractivity contribution is -0.149. The van der Waals surface area contributed by atoms with Gasteiger partial charge in [0.1, 0.15) is 29.2 Å². The zero-order chi connectivity index (χ0) is 39.8. The van der Waals surface area contributed by atoms with Crippen LogP contribution in [-0.2, 0) is 29.2 Å². The standard InChI is InChI=1S/C42H53N5O8S/c1-41(2,3)32(24-37(48)46-20-9-6-10-21-46)39(50)47-26-29(23-35(47)38(49)44-42(18-11-19-42)40(51)45-56(52,53)30-15-16-30)55-36-25-33(27-12-7-5-8-13-27)43-34-22-28(54-4)14-17-31(34)36/h5,7-8,12-14,17,22,25,29-30,32,35H,6,9-11,15-16,18-21,23-24,26H2,1-4H3,(H,44,49)(H,45,51)/t29-,32?,35+/m1/s1. The van der Waals surface area contributed by atoms with Crippen LogP contribution in [0, 0.1) is 11.3 Å². The van der Waals surface area contributed by atoms with Gasteiger partial charge in [0, 0.05) is 49.0 Å². The summed E-state index contributed by atoms with van der Waals surface area (Å²) < 4.78 is 40.0. The van der Waals surface area contributed by atoms with E-state index in [0.717, 1.165) is 30.2 Å². The second kappa shape index (κ2) is 15.7. The molecule has 3 aromatic rings. The molecule has 3 heterocycles. The van der Waals surface area contributed by atoms with Crippen molar-refractivity contribution in [2.24, 2.45) is 11.3 Å². The average Bonchev–Trinajstić information content (AvgIpc) is 3.95. The third-order valence-electron chi connectivity index (χ3n) is 11.8. The highest BCUT2D eigenvalue weighted by atomic mass is 32.2. The van der Waals surface area contributed by atoms with Crippen LogP contribution in [0.5, 0.6) is 11.5 Å². The van der Waals surface area contributed by atoms with Crippen molar-refractivity contribution in [3.05, 3.63) is 54.6 Å². The summed E-state index contributed by atoms with van der Waals surface area (Å²) in [5.74, 6) is -1.34. The SMILES string of the molecule is COc1ccc2c(O[C@@H]3C[C@@H](C(=O)NC4(C(=O)NS(=O)(=O)C5CC5)CCC4)N(C(=O)C(CC(=O)N4CCCCC4)C(C)(C)C)C3)cc(-c3ccccc3)nc2c1. The summed E-state index contributed by atoms with van der Waals surface area (Å²) in [6, 6.07) is 16.0. The quantitative estimate of drug-likeness (QED) is 0.258. The topological polar surface area (TPSA) is 164 Å². The van der Waals surface area contributed by atoms with E-state index in [4.69, 9.17) is 14.5 Å². The van der Waals surface area contributed by atoms with Crippen molar-refractivity contribution in [3.63, 3.8) is 0 Å². The number of hydrogen-bond donors (Lipinski definition) is 2. The Morgan fingerprint density at radius 3 is 2.30 bits per heavy atom. The monoisotopic (exact) mass is 787 g/mol. The van der Waals surface area contributed by atoms with Crippen molar-refractivity contribution in [1.29, 1.82) is 0 Å². The number of aromatic nitrogens is 1. The first-order chi connectivity index (χ1) is 26.7. The lowest BCUT2D eigenvalue weighted by Crippen LogP contribution is -2.66. The molecule has 0 bridgehead atoms. The van der Waals surface area contributed by atoms with E-state index in [1.807, 2.05) is 80.3 Å². The first-order valence-electron chi connectivity index (χ1n) is 19.8. The van der Waals surface area contributed by atoms with Crippen molar-refractivity contribution < 1.29 is 37.1 Å². The molecule has 4 aliphatic rings. The number of rotatable bonds is 12. The van der Waals surface area contributed by atoms with Gasteiger partial charge in [-0.05, 0) is 68.9 Å². The van der Waals surface area contributed by atoms with Crippen LogP contribution in [0.3, 0.4) is 0 Å². The van der Waals surface area contributed by atoms with Crippen molar-refractivity contribution in [2.75, 3.05) is 26.7 Å². The summed E-state index contributed by atoms with van der Waals surface area (Å²) in [6.07, 6.45) is 4.53. The van der Waals surface area contributed by atoms with E-state index in [2.05, 4.69) is 10.0 Å². The number of ether oxygens (including phenoxy) is 2. The summed E-state index contributed by atoms with van der Waals surface area (Å²) in [6.45, 7) is 7.15. The fourth-order valence-corrected chi connectivity index (χ4v) is 9.45. The zero-order valence-corrected chi connectivity index (χ0v) is 33.5. The number of piperidine rings is 1. The number of nitrogens with zero attached hydrogens (tertiary/aromatic N) is 3. The van der Waals surface area contributed by atoms with Gasteiger partial charge in [0.15, 0.2) is 0 Å². The minimum atomic E-state index is -3.85. The molecule has 1 aromatic heterocycles. The van der Waals surface area contributed by atoms with E-state index in [1.165, 1.54) is 4.90 Å². The molecule has 2 aromatic carbocycles. The maximum absolute atomic E-state index is 14.8. The normalized spacial score (nSPS) is 21.5. The van der Waals surface area contributed by atoms with Crippen molar-refractivity contribution in [2.45, 2.75) is 108 Å². The number of benzene rings is 2. The van der Waals surface area contributed by atoms with Gasteiger partial charge in [0.05, 0.1) is 36.0 Å². The maximum atomic E-state index is 14.8. The Balaban J connectivity index is 1.20. The maximum Gasteiger partial charge on any atom is 0.259 e. The Hall–Kier alpha value is -4.72. The molecule has 3 atom stereocenters. The van der Waals surface area contributed by atoms with Crippen molar-refractivity contribution in [1.82, 2.24) is 24.8 Å². The summed E-state index contributed by atoms with van der Waals surface area (Å²) >= 11 is 0. The van der Waals surface area contributed by atoms with Gasteiger partial charge >= 0.3 is 0 Å². The Morgan fingerprint density at radius 1 is 0.964 bits per heavy atom. The number of sulfonamides is 1. The van der Waals surface area contributed by atoms with Gasteiger partial charge in [-0.2, -0.15) is 0 Å². The number of nitrogens with one attached hydrogen (secondary N) is 2. The molecule has 0 spiro atoms. The van der Waals surface area contributed by atoms with E-state index in [1.54, 1.807) is 7.11 Å². The van der Waals surface area contributed by atoms with E-state index in [0.29, 0.717) is 55.1 Å². The molecular formula is C42H53N5O8S. The predicted octanol–water partition coefficient (Wildman–Crippen LogP) is 4.97. The lowest BCUT2D eigenvalue weighted by Gasteiger charge is -2.42. The number of pyridine rings is 1. The van der Waals surface area contributed by atoms with Crippen LogP contribution >= 0.6 is 0 Å². The van der Waals surface area contributed by atoms with Gasteiger partial charge in [0.25, 0.3) is 5.91 Å². The van der Waals surface area contributed by atoms with E-state index in [-0.39, 0.29) is 44.0 Å². The van der Waals surface area contributed by atoms with E-state index in [9.17, 15) is 27.6 Å². The molecule has 4 fully saturated rings. The van der Waals surface area contributed by atoms with Crippen LogP contribution < -0.4 is 19.5 Å². The molecule has 2 aliphatic heterocycles. The largest absolute Gasteiger partial charge is 0.497 e. The van der Waals surface area contributed by atoms with Crippen LogP contribution in [0.2, 0.25) is 0 Å². The first-order valence-corrected chi connectivity index (χ1v) is 21.4. The molecule has 4 amide bonds. The Kier molecular flexibility index (Phi) is 11.1. The molecule has 2 saturated heterocycles. The van der Waals surface area contributed by atoms with Gasteiger partial charge in [-0.25, -0.2) is 13.4 Å². The van der Waals surface area contributed by atoms with Gasteiger partial charge in [-0.15, -0.1) is 0 Å². The summed E-state index contributed by atoms with van der Waals surface area (Å²) in [7, 11) is -2.26. The molecule has 2 aliphatic carbocycles. The Labute approximate surface area is 328 Å². The van der Waals surface area contributed by atoms with Crippen LogP contribution in [-0.4, -0.2) is 96.5 Å². The molecule has 2 N–H and O–H groups in total. The third kappa shape index (κ3) is 8.35. The van der Waals surface area contributed by atoms with Gasteiger partial charge in [0.2, 0.25) is 27.7 Å². The second-order valence-electron chi connectivity index (χ2n) is 16.9. The fraction of sp³-hybridized carbons (Fsp3) is 0.548. The molecule has 56 heavy (non-hydrogen) atoms. The molecule has 14 heteroatoms. The van der Waals surface area contributed by atoms with E-state index >= 15 is 0 Å². The fourth-order valence-electron chi connectivity index (χ4n) is 8.07. The average molecular weight is 788 g/mol. The highest BCUT2D eigenvalue weighted by Crippen LogP contribution is 2.39. The van der Waals surface area contributed by atoms with Crippen molar-refractivity contribution >= 4 is 44.6 Å². The van der Waals surface area contributed by atoms with Crippen LogP contribution in [0.1, 0.15) is 85.0 Å². The third-order valence-corrected chi connectivity index (χ3v) is 13.6. The number of amides is 4. The summed E-state index contributed by atoms with van der Waals surface area (Å²) in [4.78, 5) is 64.7. The number of likely N-dealkylation sites (tertiary alicyclic amines) is 2. The zero-order valence-electron chi connectivity index (χ0n) is 32.7. The van der Waals surface area contributed by atoms with Gasteiger partial charge in [-0.1, -0.05) is 51.1 Å². The molecule has 1 unspecified atom stereocenters. The number of carbonyl (C=O) groups is 4. The Bertz CT molecular complexity index is 2090. The van der Waals surface area contributed by atoms with Gasteiger partial charge < -0.3 is 24.6 Å². The van der Waals surface area contributed by atoms with Crippen LogP contribution in [0.15, 0.2) is 54.6 Å². The van der Waals surface area contributed by atoms with E-state index < -0.39 is 56.1 Å². The smallest absolute Gasteiger partial charge is 0.259 e. The molecule has 7 rings (SSSR count). The number of fused-ring (bicyclic) bond motifs is 1. The number of methoxy groups -OCH3 is 1. The lowest BCUT2D eigenvalue weighted by atomic mass is 9.75. The van der Waals surface area contributed by atoms with Crippen LogP contribution in [0.4, 0.5) is 0 Å². The molecule has 2 saturated carbocycles. The molecule has 300 valence electrons. The Morgan fingerprint density at radius 2 is 1.68 bits per heavy atom. The minimum Gasteiger partial charge on any atom is -0.497 e. The van der Waals surface area contributed by atoms with Crippen LogP contribution in [0.25, 0.3) is 22.2 Å². The first kappa shape index (κ1) is 39.5. The molecule has 13 nitrogen and oxygen atoms in total. The second-order valence-corrected chi connectivity index (χ2v) is 18.9. The van der Waals surface area contributed by atoms with Gasteiger partial charge in [-0.3, -0.25) is 23.9 Å². The summed E-state index contributed by atoms with van der Waals surface area (Å²) in [5.41, 5.74) is 0.154. The number of carbonyl (C=O) groups excluding carboxylic acids is 4. The van der Waals surface area contributed by atoms with Crippen molar-refractivity contribution in [3.8, 4) is 22.8 Å². The molecular weight excluding hydrogens is 735 g/mol. The minimum absolute atomic E-state index is 0.00132. The summed E-state index contributed by atoms with van der Waals surface area (Å²) in [5, 5.41) is 3.02. The number of hydrogen-bond acceptors (Lipinski definition) is 9. The highest BCUT2D eigenvalue weighted by Gasteiger charge is 2.52. The molecule has 0 radical (unpaired) electrons. The predicted molar refractivity (Wildman–Crippen MR) is 211 cm³/mol.